The average Bonchev–Trinajstić information content (AvgIpc) is 3.58. The predicted molar refractivity (Wildman–Crippen MR) is 172 cm³/mol. The summed E-state index contributed by atoms with van der Waals surface area (Å²) in [7, 11) is 0. The molecule has 244 valence electrons. The topological polar surface area (TPSA) is 196 Å². The number of carbonyl (C=O) groups is 1. The summed E-state index contributed by atoms with van der Waals surface area (Å²) in [5, 5.41) is 52.4. The van der Waals surface area contributed by atoms with E-state index >= 15 is 0 Å². The fourth-order valence-corrected chi connectivity index (χ4v) is 6.14. The molecular weight excluding hydrogens is 588 g/mol. The molecule has 10 N–H and O–H groups in total. The van der Waals surface area contributed by atoms with Gasteiger partial charge in [0.2, 0.25) is 6.23 Å². The van der Waals surface area contributed by atoms with Crippen molar-refractivity contribution in [3.05, 3.63) is 76.1 Å². The van der Waals surface area contributed by atoms with Crippen LogP contribution < -0.4 is 21.1 Å². The van der Waals surface area contributed by atoms with Gasteiger partial charge in [-0.1, -0.05) is 43.4 Å². The molecule has 5 rings (SSSR count). The van der Waals surface area contributed by atoms with E-state index in [-0.39, 0.29) is 55.1 Å². The van der Waals surface area contributed by atoms with Gasteiger partial charge in [0.1, 0.15) is 42.5 Å². The lowest BCUT2D eigenvalue weighted by Crippen LogP contribution is -3.12. The van der Waals surface area contributed by atoms with Gasteiger partial charge in [-0.25, -0.2) is 0 Å². The summed E-state index contributed by atoms with van der Waals surface area (Å²) in [4.78, 5) is 18.1. The van der Waals surface area contributed by atoms with Crippen molar-refractivity contribution in [2.75, 3.05) is 6.54 Å². The Morgan fingerprint density at radius 2 is 1.96 bits per heavy atom. The summed E-state index contributed by atoms with van der Waals surface area (Å²) in [6, 6.07) is 8.19. The van der Waals surface area contributed by atoms with Gasteiger partial charge in [-0.2, -0.15) is 0 Å². The Balaban J connectivity index is 1.34. The third kappa shape index (κ3) is 7.85. The number of hydrogen-bond acceptors (Lipinski definition) is 10. The molecule has 5 atom stereocenters. The Morgan fingerprint density at radius 1 is 1.15 bits per heavy atom. The molecule has 2 bridgehead atoms. The molecule has 3 aliphatic heterocycles. The predicted octanol–water partition coefficient (Wildman–Crippen LogP) is 1.33. The van der Waals surface area contributed by atoms with Crippen LogP contribution in [0.3, 0.4) is 0 Å². The highest BCUT2D eigenvalue weighted by Gasteiger charge is 2.36. The number of nitrogens with two attached hydrogens (primary N) is 2. The van der Waals surface area contributed by atoms with E-state index in [1.54, 1.807) is 12.1 Å². The number of carbonyl (C=O) groups excluding carboxylic acids is 1. The van der Waals surface area contributed by atoms with Crippen LogP contribution in [0.4, 0.5) is 0 Å². The monoisotopic (exact) mass is 631 g/mol. The molecule has 1 unspecified atom stereocenters. The number of quaternary nitrogens is 1. The molecule has 0 amide bonds. The van der Waals surface area contributed by atoms with Gasteiger partial charge >= 0.3 is 0 Å². The quantitative estimate of drug-likeness (QED) is 0.126. The first-order valence-corrected chi connectivity index (χ1v) is 15.8. The SMILES string of the molecule is CCC[C@H](O)C[C@@H](O)CC(=O)CCc1cc(O[C@H]2CC#C[C@H](O)c3ccc(C(N)N)cc3CC3=CN=C4C[NH+]2C=C34)c(O)cc1O. The number of aliphatic imine (C=N–C) groups is 1. The van der Waals surface area contributed by atoms with E-state index in [2.05, 4.69) is 16.8 Å². The van der Waals surface area contributed by atoms with Crippen molar-refractivity contribution < 1.29 is 40.0 Å². The molecule has 0 saturated carbocycles. The van der Waals surface area contributed by atoms with Crippen molar-refractivity contribution in [1.82, 2.24) is 0 Å². The number of ketones is 1. The second-order valence-electron chi connectivity index (χ2n) is 12.3. The van der Waals surface area contributed by atoms with Crippen molar-refractivity contribution >= 4 is 11.5 Å². The normalized spacial score (nSPS) is 21.5. The number of aliphatic hydroxyl groups excluding tert-OH is 3. The maximum Gasteiger partial charge on any atom is 0.247 e. The van der Waals surface area contributed by atoms with Crippen molar-refractivity contribution in [1.29, 1.82) is 0 Å². The smallest absolute Gasteiger partial charge is 0.247 e. The number of nitrogens with zero attached hydrogens (tertiary/aromatic N) is 1. The van der Waals surface area contributed by atoms with Crippen LogP contribution in [0.2, 0.25) is 0 Å². The molecule has 0 radical (unpaired) electrons. The number of ether oxygens (including phenoxy) is 1. The number of allylic oxidation sites excluding steroid dienone is 1. The number of nitrogens with one attached hydrogen (secondary N) is 1. The highest BCUT2D eigenvalue weighted by atomic mass is 16.5. The molecule has 0 saturated heterocycles. The van der Waals surface area contributed by atoms with Crippen molar-refractivity contribution in [2.24, 2.45) is 16.5 Å². The Morgan fingerprint density at radius 3 is 2.72 bits per heavy atom. The van der Waals surface area contributed by atoms with E-state index in [1.807, 2.05) is 25.4 Å². The Labute approximate surface area is 268 Å². The standard InChI is InChI=1S/C35H42N4O7/c1-2-4-24(40)14-26(42)15-25(41)9-7-20-13-33(32(45)16-31(20)44)46-34-6-3-5-30(43)27-10-8-21(35(36)37)11-22(27)12-23-17-38-29-19-39(34)18-28(23)29/h8,10-11,13,16-18,24,26,30,34-35,40,42-45H,2,4,6-7,9,12,14-15,19,36-37H2,1H3/p+1/t24-,26+,30-,34-/m0/s1. The number of fused-ring (bicyclic) bond motifs is 2. The maximum absolute atomic E-state index is 12.6. The zero-order valence-electron chi connectivity index (χ0n) is 25.9. The van der Waals surface area contributed by atoms with E-state index in [4.69, 9.17) is 16.2 Å². The highest BCUT2D eigenvalue weighted by molar-refractivity contribution is 6.08. The van der Waals surface area contributed by atoms with Gasteiger partial charge < -0.3 is 41.7 Å². The number of rotatable bonds is 12. The first-order chi connectivity index (χ1) is 22.0. The lowest BCUT2D eigenvalue weighted by Gasteiger charge is -2.23. The van der Waals surface area contributed by atoms with E-state index in [0.717, 1.165) is 39.3 Å². The van der Waals surface area contributed by atoms with E-state index in [0.29, 0.717) is 30.5 Å². The Kier molecular flexibility index (Phi) is 10.6. The third-order valence-electron chi connectivity index (χ3n) is 8.63. The second-order valence-corrected chi connectivity index (χ2v) is 12.3. The number of phenolic OH excluding ortho intramolecular Hbond substituents is 2. The molecule has 2 aromatic rings. The van der Waals surface area contributed by atoms with Crippen LogP contribution in [0.1, 0.15) is 80.0 Å². The van der Waals surface area contributed by atoms with Gasteiger partial charge in [0, 0.05) is 31.5 Å². The van der Waals surface area contributed by atoms with E-state index in [9.17, 15) is 30.3 Å². The number of aromatic hydroxyl groups is 2. The van der Waals surface area contributed by atoms with Gasteiger partial charge in [0.05, 0.1) is 23.9 Å². The largest absolute Gasteiger partial charge is 0.508 e. The van der Waals surface area contributed by atoms with Gasteiger partial charge in [-0.05, 0) is 53.2 Å². The van der Waals surface area contributed by atoms with Gasteiger partial charge in [-0.15, -0.1) is 0 Å². The van der Waals surface area contributed by atoms with E-state index < -0.39 is 30.7 Å². The number of Topliss-reactive ketones (excluding diaryl/α,β-unsaturated/α-hetero) is 1. The number of aliphatic hydroxyl groups is 3. The summed E-state index contributed by atoms with van der Waals surface area (Å²) in [6.45, 7) is 2.47. The Hall–Kier alpha value is -4.02. The fourth-order valence-electron chi connectivity index (χ4n) is 6.14. The summed E-state index contributed by atoms with van der Waals surface area (Å²) in [5.74, 6) is 5.47. The van der Waals surface area contributed by atoms with Crippen LogP contribution in [0.15, 0.2) is 58.9 Å². The van der Waals surface area contributed by atoms with Gasteiger partial charge in [0.15, 0.2) is 11.5 Å². The van der Waals surface area contributed by atoms with Crippen LogP contribution in [-0.4, -0.2) is 62.0 Å². The maximum atomic E-state index is 12.6. The molecular formula is C35H43N4O7+. The molecule has 46 heavy (non-hydrogen) atoms. The second kappa shape index (κ2) is 14.6. The lowest BCUT2D eigenvalue weighted by molar-refractivity contribution is -0.882. The van der Waals surface area contributed by atoms with Crippen LogP contribution in [0, 0.1) is 11.8 Å². The summed E-state index contributed by atoms with van der Waals surface area (Å²) in [6.07, 6.45) is 2.32. The van der Waals surface area contributed by atoms with Crippen molar-refractivity contribution in [3.8, 4) is 29.1 Å². The van der Waals surface area contributed by atoms with Gasteiger partial charge in [0.25, 0.3) is 0 Å². The summed E-state index contributed by atoms with van der Waals surface area (Å²) >= 11 is 0. The number of benzene rings is 2. The van der Waals surface area contributed by atoms with E-state index in [1.165, 1.54) is 12.1 Å². The minimum atomic E-state index is -1.06. The van der Waals surface area contributed by atoms with Crippen LogP contribution >= 0.6 is 0 Å². The first-order valence-electron chi connectivity index (χ1n) is 15.8. The van der Waals surface area contributed by atoms with Crippen molar-refractivity contribution in [2.45, 2.75) is 89.0 Å². The molecule has 2 aromatic carbocycles. The summed E-state index contributed by atoms with van der Waals surface area (Å²) < 4.78 is 6.33. The van der Waals surface area contributed by atoms with Crippen LogP contribution in [0.25, 0.3) is 0 Å². The Bertz CT molecular complexity index is 1620. The minimum absolute atomic E-state index is 0.0596. The molecule has 0 fully saturated rings. The highest BCUT2D eigenvalue weighted by Crippen LogP contribution is 2.35. The molecule has 0 spiro atoms. The number of phenols is 2. The first kappa shape index (κ1) is 33.3. The minimum Gasteiger partial charge on any atom is -0.508 e. The zero-order chi connectivity index (χ0) is 33.0. The number of aryl methyl sites for hydroxylation is 1. The molecule has 3 heterocycles. The number of hydrogen-bond donors (Lipinski definition) is 8. The average molecular weight is 632 g/mol. The lowest BCUT2D eigenvalue weighted by atomic mass is 9.91. The van der Waals surface area contributed by atoms with Crippen molar-refractivity contribution in [3.63, 3.8) is 0 Å². The molecule has 3 aliphatic rings. The third-order valence-corrected chi connectivity index (χ3v) is 8.63. The molecule has 11 nitrogen and oxygen atoms in total. The fraction of sp³-hybridized carbons (Fsp3) is 0.429. The molecule has 0 aromatic heterocycles. The zero-order valence-corrected chi connectivity index (χ0v) is 25.9. The molecule has 11 heteroatoms. The van der Waals surface area contributed by atoms with Crippen LogP contribution in [-0.2, 0) is 17.6 Å². The molecule has 0 aliphatic carbocycles. The van der Waals surface area contributed by atoms with Crippen LogP contribution in [0.5, 0.6) is 17.2 Å². The summed E-state index contributed by atoms with van der Waals surface area (Å²) in [5.41, 5.74) is 17.4. The van der Waals surface area contributed by atoms with Gasteiger partial charge in [-0.3, -0.25) is 14.7 Å².